The van der Waals surface area contributed by atoms with Crippen molar-refractivity contribution in [2.45, 2.75) is 13.0 Å². The summed E-state index contributed by atoms with van der Waals surface area (Å²) in [5.41, 5.74) is 6.95. The van der Waals surface area contributed by atoms with Crippen molar-refractivity contribution in [2.24, 2.45) is 0 Å². The van der Waals surface area contributed by atoms with Gasteiger partial charge in [0.1, 0.15) is 10.6 Å². The second-order valence-corrected chi connectivity index (χ2v) is 6.22. The van der Waals surface area contributed by atoms with Crippen LogP contribution in [0.1, 0.15) is 18.5 Å². The monoisotopic (exact) mass is 318 g/mol. The van der Waals surface area contributed by atoms with E-state index in [-0.39, 0.29) is 6.04 Å². The number of fused-ring (bicyclic) bond motifs is 1. The number of hydrogen-bond acceptors (Lipinski definition) is 5. The summed E-state index contributed by atoms with van der Waals surface area (Å²) in [6, 6.07) is 10.0. The number of aromatic nitrogens is 2. The van der Waals surface area contributed by atoms with Crippen LogP contribution >= 0.6 is 22.9 Å². The standard InChI is InChI=1S/C15H15ClN4S/c1-9(10-4-3-5-11(16)8-10)20(2)13-12-6-7-21-14(12)19-15(17)18-13/h3-9H,1-2H3,(H2,17,18,19). The second kappa shape index (κ2) is 5.50. The molecule has 1 unspecified atom stereocenters. The van der Waals surface area contributed by atoms with Gasteiger partial charge in [-0.25, -0.2) is 4.98 Å². The van der Waals surface area contributed by atoms with Crippen LogP contribution in [-0.4, -0.2) is 17.0 Å². The summed E-state index contributed by atoms with van der Waals surface area (Å²) in [5, 5.41) is 3.75. The first kappa shape index (κ1) is 14.1. The predicted molar refractivity (Wildman–Crippen MR) is 90.1 cm³/mol. The first-order valence-electron chi connectivity index (χ1n) is 6.55. The Morgan fingerprint density at radius 1 is 1.29 bits per heavy atom. The molecule has 0 amide bonds. The zero-order valence-electron chi connectivity index (χ0n) is 11.7. The molecule has 0 aliphatic heterocycles. The lowest BCUT2D eigenvalue weighted by molar-refractivity contribution is 0.732. The third kappa shape index (κ3) is 2.66. The Morgan fingerprint density at radius 3 is 2.86 bits per heavy atom. The summed E-state index contributed by atoms with van der Waals surface area (Å²) in [7, 11) is 2.00. The molecule has 0 saturated carbocycles. The number of rotatable bonds is 3. The maximum Gasteiger partial charge on any atom is 0.223 e. The lowest BCUT2D eigenvalue weighted by atomic mass is 10.1. The van der Waals surface area contributed by atoms with Gasteiger partial charge < -0.3 is 10.6 Å². The number of nitrogens with two attached hydrogens (primary N) is 1. The van der Waals surface area contributed by atoms with E-state index in [1.807, 2.05) is 36.7 Å². The van der Waals surface area contributed by atoms with Crippen molar-refractivity contribution in [3.8, 4) is 0 Å². The van der Waals surface area contributed by atoms with Crippen LogP contribution < -0.4 is 10.6 Å². The van der Waals surface area contributed by atoms with Gasteiger partial charge in [0, 0.05) is 12.1 Å². The number of thiophene rings is 1. The zero-order chi connectivity index (χ0) is 15.0. The van der Waals surface area contributed by atoms with Gasteiger partial charge in [0.15, 0.2) is 0 Å². The van der Waals surface area contributed by atoms with Gasteiger partial charge in [0.2, 0.25) is 5.95 Å². The van der Waals surface area contributed by atoms with Crippen LogP contribution in [0.5, 0.6) is 0 Å². The topological polar surface area (TPSA) is 55.0 Å². The van der Waals surface area contributed by atoms with Gasteiger partial charge in [-0.05, 0) is 36.1 Å². The van der Waals surface area contributed by atoms with Gasteiger partial charge in [-0.1, -0.05) is 23.7 Å². The zero-order valence-corrected chi connectivity index (χ0v) is 13.3. The van der Waals surface area contributed by atoms with E-state index in [1.165, 1.54) is 0 Å². The Hall–Kier alpha value is -1.85. The van der Waals surface area contributed by atoms with Crippen molar-refractivity contribution in [3.63, 3.8) is 0 Å². The molecule has 108 valence electrons. The molecule has 3 rings (SSSR count). The summed E-state index contributed by atoms with van der Waals surface area (Å²) >= 11 is 7.64. The van der Waals surface area contributed by atoms with Gasteiger partial charge in [0.25, 0.3) is 0 Å². The molecule has 2 N–H and O–H groups in total. The maximum atomic E-state index is 6.08. The second-order valence-electron chi connectivity index (χ2n) is 4.89. The van der Waals surface area contributed by atoms with Gasteiger partial charge in [-0.3, -0.25) is 0 Å². The molecule has 6 heteroatoms. The lowest BCUT2D eigenvalue weighted by Crippen LogP contribution is -2.23. The highest BCUT2D eigenvalue weighted by Gasteiger charge is 2.18. The molecular weight excluding hydrogens is 304 g/mol. The Kier molecular flexibility index (Phi) is 3.69. The SMILES string of the molecule is CC(c1cccc(Cl)c1)N(C)c1nc(N)nc2sccc12. The molecule has 0 spiro atoms. The molecule has 0 aliphatic rings. The largest absolute Gasteiger partial charge is 0.368 e. The molecular formula is C15H15ClN4S. The van der Waals surface area contributed by atoms with Crippen LogP contribution in [0, 0.1) is 0 Å². The number of nitrogens with zero attached hydrogens (tertiary/aromatic N) is 3. The fraction of sp³-hybridized carbons (Fsp3) is 0.200. The van der Waals surface area contributed by atoms with Crippen molar-refractivity contribution >= 4 is 44.9 Å². The van der Waals surface area contributed by atoms with Gasteiger partial charge in [-0.2, -0.15) is 4.98 Å². The highest BCUT2D eigenvalue weighted by molar-refractivity contribution is 7.16. The Morgan fingerprint density at radius 2 is 2.10 bits per heavy atom. The molecule has 2 heterocycles. The fourth-order valence-corrected chi connectivity index (χ4v) is 3.26. The van der Waals surface area contributed by atoms with E-state index in [2.05, 4.69) is 27.9 Å². The average molecular weight is 319 g/mol. The Labute approximate surface area is 132 Å². The number of benzene rings is 1. The van der Waals surface area contributed by atoms with Crippen LogP contribution in [0.3, 0.4) is 0 Å². The summed E-state index contributed by atoms with van der Waals surface area (Å²) in [5.74, 6) is 1.14. The van der Waals surface area contributed by atoms with Crippen LogP contribution in [0.2, 0.25) is 5.02 Å². The number of anilines is 2. The van der Waals surface area contributed by atoms with E-state index < -0.39 is 0 Å². The molecule has 0 saturated heterocycles. The van der Waals surface area contributed by atoms with Crippen molar-refractivity contribution in [1.29, 1.82) is 0 Å². The Bertz CT molecular complexity index is 786. The van der Waals surface area contributed by atoms with Crippen LogP contribution in [0.15, 0.2) is 35.7 Å². The highest BCUT2D eigenvalue weighted by Crippen LogP contribution is 2.32. The summed E-state index contributed by atoms with van der Waals surface area (Å²) in [6.45, 7) is 2.11. The molecule has 0 radical (unpaired) electrons. The summed E-state index contributed by atoms with van der Waals surface area (Å²) < 4.78 is 0. The molecule has 1 aromatic carbocycles. The van der Waals surface area contributed by atoms with Crippen LogP contribution in [0.25, 0.3) is 10.2 Å². The third-order valence-corrected chi connectivity index (χ3v) is 4.61. The van der Waals surface area contributed by atoms with E-state index in [0.29, 0.717) is 5.95 Å². The minimum Gasteiger partial charge on any atom is -0.368 e. The van der Waals surface area contributed by atoms with Gasteiger partial charge in [-0.15, -0.1) is 11.3 Å². The van der Waals surface area contributed by atoms with E-state index in [0.717, 1.165) is 26.6 Å². The Balaban J connectivity index is 2.03. The maximum absolute atomic E-state index is 6.08. The first-order valence-corrected chi connectivity index (χ1v) is 7.81. The quantitative estimate of drug-likeness (QED) is 0.789. The first-order chi connectivity index (χ1) is 10.1. The fourth-order valence-electron chi connectivity index (χ4n) is 2.30. The minimum absolute atomic E-state index is 0.126. The molecule has 0 fully saturated rings. The number of hydrogen-bond donors (Lipinski definition) is 1. The predicted octanol–water partition coefficient (Wildman–Crippen LogP) is 4.12. The minimum atomic E-state index is 0.126. The summed E-state index contributed by atoms with van der Waals surface area (Å²) in [6.07, 6.45) is 0. The number of nitrogen functional groups attached to an aromatic ring is 1. The van der Waals surface area contributed by atoms with Crippen molar-refractivity contribution in [2.75, 3.05) is 17.7 Å². The van der Waals surface area contributed by atoms with Crippen molar-refractivity contribution in [3.05, 3.63) is 46.3 Å². The molecule has 0 aliphatic carbocycles. The normalized spacial score (nSPS) is 12.5. The van der Waals surface area contributed by atoms with Crippen LogP contribution in [0.4, 0.5) is 11.8 Å². The van der Waals surface area contributed by atoms with Crippen molar-refractivity contribution in [1.82, 2.24) is 9.97 Å². The van der Waals surface area contributed by atoms with E-state index >= 15 is 0 Å². The van der Waals surface area contributed by atoms with E-state index in [1.54, 1.807) is 11.3 Å². The summed E-state index contributed by atoms with van der Waals surface area (Å²) in [4.78, 5) is 11.7. The molecule has 2 aromatic heterocycles. The smallest absolute Gasteiger partial charge is 0.223 e. The molecule has 4 nitrogen and oxygen atoms in total. The van der Waals surface area contributed by atoms with E-state index in [4.69, 9.17) is 17.3 Å². The average Bonchev–Trinajstić information content (AvgIpc) is 2.93. The molecule has 1 atom stereocenters. The van der Waals surface area contributed by atoms with Gasteiger partial charge >= 0.3 is 0 Å². The van der Waals surface area contributed by atoms with Crippen molar-refractivity contribution < 1.29 is 0 Å². The molecule has 3 aromatic rings. The molecule has 21 heavy (non-hydrogen) atoms. The lowest BCUT2D eigenvalue weighted by Gasteiger charge is -2.27. The highest BCUT2D eigenvalue weighted by atomic mass is 35.5. The van der Waals surface area contributed by atoms with Gasteiger partial charge in [0.05, 0.1) is 11.4 Å². The molecule has 0 bridgehead atoms. The van der Waals surface area contributed by atoms with E-state index in [9.17, 15) is 0 Å². The number of halogens is 1. The third-order valence-electron chi connectivity index (χ3n) is 3.57. The van der Waals surface area contributed by atoms with Crippen LogP contribution in [-0.2, 0) is 0 Å².